The molecular formula is C14H13NO. The van der Waals surface area contributed by atoms with Crippen molar-refractivity contribution in [1.82, 2.24) is 4.98 Å². The third-order valence-electron chi connectivity index (χ3n) is 1.81. The Bertz CT molecular complexity index is 396. The van der Waals surface area contributed by atoms with Crippen LogP contribution >= 0.6 is 0 Å². The quantitative estimate of drug-likeness (QED) is 0.564. The summed E-state index contributed by atoms with van der Waals surface area (Å²) in [4.78, 5) is 14.7. The molecule has 0 N–H and O–H groups in total. The Kier molecular flexibility index (Phi) is 5.28. The molecule has 0 saturated heterocycles. The zero-order valence-corrected chi connectivity index (χ0v) is 8.91. The predicted molar refractivity (Wildman–Crippen MR) is 65.2 cm³/mol. The lowest BCUT2D eigenvalue weighted by Gasteiger charge is -1.90. The Morgan fingerprint density at radius 2 is 1.56 bits per heavy atom. The van der Waals surface area contributed by atoms with Gasteiger partial charge in [-0.15, -0.1) is 0 Å². The number of hydrogen-bond donors (Lipinski definition) is 0. The number of aromatic nitrogens is 1. The summed E-state index contributed by atoms with van der Waals surface area (Å²) in [5.41, 5.74) is 0.692. The first kappa shape index (κ1) is 11.9. The molecule has 0 aliphatic heterocycles. The molecule has 2 nitrogen and oxygen atoms in total. The summed E-state index contributed by atoms with van der Waals surface area (Å²) >= 11 is 0. The maximum atomic E-state index is 10.9. The number of pyridine rings is 1. The molecule has 0 atom stereocenters. The summed E-state index contributed by atoms with van der Waals surface area (Å²) in [6.07, 6.45) is 4.81. The van der Waals surface area contributed by atoms with Gasteiger partial charge >= 0.3 is 0 Å². The number of rotatable bonds is 2. The van der Waals surface area contributed by atoms with Gasteiger partial charge in [0.25, 0.3) is 0 Å². The molecule has 1 heterocycles. The van der Waals surface area contributed by atoms with Gasteiger partial charge in [0.1, 0.15) is 0 Å². The van der Waals surface area contributed by atoms with Crippen LogP contribution in [-0.2, 0) is 0 Å². The summed E-state index contributed by atoms with van der Waals surface area (Å²) < 4.78 is 0. The molecule has 0 amide bonds. The normalized spacial score (nSPS) is 8.50. The molecule has 0 unspecified atom stereocenters. The molecule has 2 heteroatoms. The minimum atomic E-state index is -0.0272. The third kappa shape index (κ3) is 4.33. The van der Waals surface area contributed by atoms with Gasteiger partial charge in [-0.05, 0) is 18.2 Å². The molecule has 1 aromatic carbocycles. The lowest BCUT2D eigenvalue weighted by atomic mass is 10.1. The Labute approximate surface area is 95.3 Å². The van der Waals surface area contributed by atoms with Crippen molar-refractivity contribution in [2.24, 2.45) is 0 Å². The molecule has 0 spiro atoms. The Morgan fingerprint density at radius 1 is 1.00 bits per heavy atom. The fourth-order valence-corrected chi connectivity index (χ4v) is 1.03. The van der Waals surface area contributed by atoms with E-state index in [9.17, 15) is 4.79 Å². The molecule has 16 heavy (non-hydrogen) atoms. The smallest absolute Gasteiger partial charge is 0.185 e. The van der Waals surface area contributed by atoms with Crippen molar-refractivity contribution in [1.29, 1.82) is 0 Å². The van der Waals surface area contributed by atoms with Crippen LogP contribution in [-0.4, -0.2) is 10.8 Å². The largest absolute Gasteiger partial charge is 0.289 e. The van der Waals surface area contributed by atoms with Crippen molar-refractivity contribution in [2.45, 2.75) is 0 Å². The van der Waals surface area contributed by atoms with Crippen LogP contribution in [0.5, 0.6) is 0 Å². The molecule has 0 aliphatic rings. The molecule has 0 aliphatic carbocycles. The number of carbonyl (C=O) groups is 1. The van der Waals surface area contributed by atoms with Crippen LogP contribution in [0.25, 0.3) is 0 Å². The van der Waals surface area contributed by atoms with Gasteiger partial charge in [0.2, 0.25) is 0 Å². The molecule has 2 rings (SSSR count). The van der Waals surface area contributed by atoms with E-state index >= 15 is 0 Å². The lowest BCUT2D eigenvalue weighted by Crippen LogP contribution is -1.90. The number of ketones is 1. The van der Waals surface area contributed by atoms with Crippen LogP contribution in [0.2, 0.25) is 0 Å². The minimum Gasteiger partial charge on any atom is -0.289 e. The molecule has 80 valence electrons. The first-order chi connectivity index (χ1) is 7.84. The van der Waals surface area contributed by atoms with Crippen molar-refractivity contribution in [3.8, 4) is 0 Å². The maximum absolute atomic E-state index is 10.9. The zero-order chi connectivity index (χ0) is 11.6. The number of benzene rings is 1. The average Bonchev–Trinajstić information content (AvgIpc) is 2.41. The van der Waals surface area contributed by atoms with Gasteiger partial charge in [0.05, 0.1) is 0 Å². The highest BCUT2D eigenvalue weighted by molar-refractivity contribution is 6.04. The van der Waals surface area contributed by atoms with Crippen LogP contribution in [0.15, 0.2) is 73.6 Å². The van der Waals surface area contributed by atoms with E-state index in [1.165, 1.54) is 6.08 Å². The van der Waals surface area contributed by atoms with E-state index in [0.717, 1.165) is 0 Å². The van der Waals surface area contributed by atoms with Crippen molar-refractivity contribution in [2.75, 3.05) is 0 Å². The zero-order valence-electron chi connectivity index (χ0n) is 8.91. The van der Waals surface area contributed by atoms with Gasteiger partial charge in [-0.2, -0.15) is 0 Å². The second kappa shape index (κ2) is 7.12. The van der Waals surface area contributed by atoms with E-state index in [-0.39, 0.29) is 5.78 Å². The average molecular weight is 211 g/mol. The topological polar surface area (TPSA) is 30.0 Å². The van der Waals surface area contributed by atoms with Gasteiger partial charge in [-0.25, -0.2) is 0 Å². The molecule has 2 aromatic rings. The maximum Gasteiger partial charge on any atom is 0.185 e. The number of nitrogens with zero attached hydrogens (tertiary/aromatic N) is 1. The number of hydrogen-bond acceptors (Lipinski definition) is 2. The second-order valence-electron chi connectivity index (χ2n) is 2.96. The van der Waals surface area contributed by atoms with Gasteiger partial charge < -0.3 is 0 Å². The first-order valence-electron chi connectivity index (χ1n) is 4.91. The van der Waals surface area contributed by atoms with Crippen LogP contribution in [0.3, 0.4) is 0 Å². The SMILES string of the molecule is C=CC(=O)c1ccccc1.c1ccncc1. The molecule has 0 radical (unpaired) electrons. The summed E-state index contributed by atoms with van der Waals surface area (Å²) in [5.74, 6) is -0.0272. The Morgan fingerprint density at radius 3 is 1.94 bits per heavy atom. The summed E-state index contributed by atoms with van der Waals surface area (Å²) in [6.45, 7) is 3.39. The van der Waals surface area contributed by atoms with E-state index < -0.39 is 0 Å². The molecule has 1 aromatic heterocycles. The van der Waals surface area contributed by atoms with Crippen LogP contribution in [0.1, 0.15) is 10.4 Å². The van der Waals surface area contributed by atoms with Crippen LogP contribution in [0.4, 0.5) is 0 Å². The van der Waals surface area contributed by atoms with E-state index in [4.69, 9.17) is 0 Å². The van der Waals surface area contributed by atoms with Gasteiger partial charge in [0.15, 0.2) is 5.78 Å². The molecular weight excluding hydrogens is 198 g/mol. The van der Waals surface area contributed by atoms with E-state index in [0.29, 0.717) is 5.56 Å². The van der Waals surface area contributed by atoms with E-state index in [1.807, 2.05) is 36.4 Å². The number of allylic oxidation sites excluding steroid dienone is 1. The Hall–Kier alpha value is -2.22. The van der Waals surface area contributed by atoms with Crippen molar-refractivity contribution < 1.29 is 4.79 Å². The molecule has 0 fully saturated rings. The highest BCUT2D eigenvalue weighted by atomic mass is 16.1. The van der Waals surface area contributed by atoms with E-state index in [1.54, 1.807) is 24.5 Å². The van der Waals surface area contributed by atoms with Crippen molar-refractivity contribution in [3.05, 3.63) is 79.1 Å². The molecule has 0 bridgehead atoms. The highest BCUT2D eigenvalue weighted by Crippen LogP contribution is 1.99. The minimum absolute atomic E-state index is 0.0272. The highest BCUT2D eigenvalue weighted by Gasteiger charge is 1.95. The van der Waals surface area contributed by atoms with Crippen LogP contribution < -0.4 is 0 Å². The van der Waals surface area contributed by atoms with Crippen molar-refractivity contribution >= 4 is 5.78 Å². The summed E-state index contributed by atoms with van der Waals surface area (Å²) in [5, 5.41) is 0. The van der Waals surface area contributed by atoms with Gasteiger partial charge in [-0.1, -0.05) is 43.0 Å². The monoisotopic (exact) mass is 211 g/mol. The lowest BCUT2D eigenvalue weighted by molar-refractivity contribution is 0.104. The van der Waals surface area contributed by atoms with Gasteiger partial charge in [-0.3, -0.25) is 9.78 Å². The van der Waals surface area contributed by atoms with Gasteiger partial charge in [0, 0.05) is 18.0 Å². The standard InChI is InChI=1S/C9H8O.C5H5N/c1-2-9(10)8-6-4-3-5-7-8;1-2-4-6-5-3-1/h2-7H,1H2;1-5H. The van der Waals surface area contributed by atoms with Crippen molar-refractivity contribution in [3.63, 3.8) is 0 Å². The third-order valence-corrected chi connectivity index (χ3v) is 1.81. The fourth-order valence-electron chi connectivity index (χ4n) is 1.03. The van der Waals surface area contributed by atoms with E-state index in [2.05, 4.69) is 11.6 Å². The fraction of sp³-hybridized carbons (Fsp3) is 0. The first-order valence-corrected chi connectivity index (χ1v) is 4.91. The summed E-state index contributed by atoms with van der Waals surface area (Å²) in [7, 11) is 0. The second-order valence-corrected chi connectivity index (χ2v) is 2.96. The van der Waals surface area contributed by atoms with Crippen LogP contribution in [0, 0.1) is 0 Å². The Balaban J connectivity index is 0.000000181. The molecule has 0 saturated carbocycles. The summed E-state index contributed by atoms with van der Waals surface area (Å²) in [6, 6.07) is 14.8. The predicted octanol–water partition coefficient (Wildman–Crippen LogP) is 3.14. The number of carbonyl (C=O) groups excluding carboxylic acids is 1.